The Bertz CT molecular complexity index is 121. The summed E-state index contributed by atoms with van der Waals surface area (Å²) in [5.41, 5.74) is 0. The van der Waals surface area contributed by atoms with E-state index in [-0.39, 0.29) is 0 Å². The van der Waals surface area contributed by atoms with Crippen LogP contribution in [0.5, 0.6) is 0 Å². The van der Waals surface area contributed by atoms with E-state index in [9.17, 15) is 0 Å². The molecule has 0 aliphatic heterocycles. The lowest BCUT2D eigenvalue weighted by Crippen LogP contribution is -2.24. The maximum atomic E-state index is 8.92. The van der Waals surface area contributed by atoms with Gasteiger partial charge in [-0.3, -0.25) is 0 Å². The Morgan fingerprint density at radius 1 is 1.15 bits per heavy atom. The van der Waals surface area contributed by atoms with E-state index in [0.29, 0.717) is 31.8 Å². The Hall–Kier alpha value is 0.230. The molecular weight excluding hydrogens is 188 g/mol. The molecule has 13 heavy (non-hydrogen) atoms. The summed E-state index contributed by atoms with van der Waals surface area (Å²) in [6, 6.07) is 0. The zero-order valence-electron chi connectivity index (χ0n) is 7.82. The van der Waals surface area contributed by atoms with Crippen molar-refractivity contribution in [3.63, 3.8) is 0 Å². The minimum atomic E-state index is 0.326. The molecule has 1 fully saturated rings. The molecule has 0 aromatic rings. The molecule has 78 valence electrons. The van der Waals surface area contributed by atoms with Crippen molar-refractivity contribution in [3.05, 3.63) is 0 Å². The molecule has 1 saturated carbocycles. The molecule has 1 aliphatic carbocycles. The summed E-state index contributed by atoms with van der Waals surface area (Å²) < 4.78 is 10.2. The summed E-state index contributed by atoms with van der Waals surface area (Å²) in [5.74, 6) is 0.501. The molecule has 1 N–H and O–H groups in total. The lowest BCUT2D eigenvalue weighted by atomic mass is 9.88. The molecule has 3 nitrogen and oxygen atoms in total. The molecular formula is C9H18O3S. The van der Waals surface area contributed by atoms with E-state index in [0.717, 1.165) is 25.7 Å². The van der Waals surface area contributed by atoms with Gasteiger partial charge in [0.25, 0.3) is 0 Å². The monoisotopic (exact) mass is 206 g/mol. The van der Waals surface area contributed by atoms with Crippen LogP contribution in [-0.2, 0) is 8.92 Å². The third-order valence-corrected chi connectivity index (χ3v) is 2.76. The predicted molar refractivity (Wildman–Crippen MR) is 53.7 cm³/mol. The fourth-order valence-corrected chi connectivity index (χ4v) is 1.81. The van der Waals surface area contributed by atoms with Gasteiger partial charge in [0.2, 0.25) is 0 Å². The quantitative estimate of drug-likeness (QED) is 0.406. The van der Waals surface area contributed by atoms with Crippen LogP contribution in [0.4, 0.5) is 0 Å². The SMILES string of the molecule is OCC1CCC(OCCOS)CC1. The van der Waals surface area contributed by atoms with Crippen LogP contribution in [0.2, 0.25) is 0 Å². The summed E-state index contributed by atoms with van der Waals surface area (Å²) in [7, 11) is 0. The second-order valence-corrected chi connectivity index (χ2v) is 3.79. The van der Waals surface area contributed by atoms with Crippen LogP contribution in [0.3, 0.4) is 0 Å². The molecule has 0 atom stereocenters. The van der Waals surface area contributed by atoms with Crippen LogP contribution in [-0.4, -0.2) is 31.0 Å². The molecule has 1 aliphatic rings. The first-order valence-corrected chi connectivity index (χ1v) is 5.22. The summed E-state index contributed by atoms with van der Waals surface area (Å²) in [6.45, 7) is 1.49. The fourth-order valence-electron chi connectivity index (χ4n) is 1.73. The molecule has 0 unspecified atom stereocenters. The highest BCUT2D eigenvalue weighted by atomic mass is 32.1. The number of thiol groups is 1. The average Bonchev–Trinajstić information content (AvgIpc) is 2.19. The van der Waals surface area contributed by atoms with Crippen LogP contribution < -0.4 is 0 Å². The standard InChI is InChI=1S/C9H18O3S/c10-7-8-1-3-9(4-2-8)11-5-6-12-13/h8-10,13H,1-7H2. The lowest BCUT2D eigenvalue weighted by molar-refractivity contribution is 0.00141. The van der Waals surface area contributed by atoms with E-state index in [1.165, 1.54) is 0 Å². The van der Waals surface area contributed by atoms with Crippen molar-refractivity contribution in [2.75, 3.05) is 19.8 Å². The van der Waals surface area contributed by atoms with Crippen LogP contribution >= 0.6 is 12.9 Å². The fraction of sp³-hybridized carbons (Fsp3) is 1.00. The van der Waals surface area contributed by atoms with Gasteiger partial charge in [0.15, 0.2) is 0 Å². The zero-order valence-corrected chi connectivity index (χ0v) is 8.71. The van der Waals surface area contributed by atoms with Crippen LogP contribution in [0.1, 0.15) is 25.7 Å². The van der Waals surface area contributed by atoms with Crippen molar-refractivity contribution in [2.45, 2.75) is 31.8 Å². The Morgan fingerprint density at radius 2 is 1.85 bits per heavy atom. The molecule has 0 heterocycles. The minimum Gasteiger partial charge on any atom is -0.396 e. The Balaban J connectivity index is 2.03. The number of hydrogen-bond acceptors (Lipinski definition) is 4. The molecule has 0 radical (unpaired) electrons. The van der Waals surface area contributed by atoms with Crippen molar-refractivity contribution in [1.82, 2.24) is 0 Å². The summed E-state index contributed by atoms with van der Waals surface area (Å²) in [6.07, 6.45) is 4.67. The van der Waals surface area contributed by atoms with Crippen molar-refractivity contribution >= 4 is 12.9 Å². The Labute approximate surface area is 85.0 Å². The maximum absolute atomic E-state index is 8.92. The Kier molecular flexibility index (Phi) is 5.78. The molecule has 0 spiro atoms. The molecule has 0 bridgehead atoms. The first kappa shape index (κ1) is 11.3. The minimum absolute atomic E-state index is 0.326. The van der Waals surface area contributed by atoms with Gasteiger partial charge in [-0.25, -0.2) is 0 Å². The first-order valence-electron chi connectivity index (χ1n) is 4.85. The number of rotatable bonds is 5. The van der Waals surface area contributed by atoms with Crippen LogP contribution in [0, 0.1) is 5.92 Å². The number of hydrogen-bond donors (Lipinski definition) is 2. The molecule has 0 amide bonds. The molecule has 0 aromatic heterocycles. The highest BCUT2D eigenvalue weighted by Gasteiger charge is 2.20. The maximum Gasteiger partial charge on any atom is 0.0844 e. The van der Waals surface area contributed by atoms with E-state index in [4.69, 9.17) is 9.84 Å². The van der Waals surface area contributed by atoms with E-state index < -0.39 is 0 Å². The van der Waals surface area contributed by atoms with Gasteiger partial charge >= 0.3 is 0 Å². The highest BCUT2D eigenvalue weighted by molar-refractivity contribution is 7.75. The van der Waals surface area contributed by atoms with Crippen molar-refractivity contribution in [2.24, 2.45) is 5.92 Å². The third kappa shape index (κ3) is 4.31. The predicted octanol–water partition coefficient (Wildman–Crippen LogP) is 1.42. The number of aliphatic hydroxyl groups excluding tert-OH is 1. The second-order valence-electron chi connectivity index (χ2n) is 3.53. The van der Waals surface area contributed by atoms with Gasteiger partial charge in [0.1, 0.15) is 0 Å². The van der Waals surface area contributed by atoms with E-state index >= 15 is 0 Å². The first-order chi connectivity index (χ1) is 6.36. The topological polar surface area (TPSA) is 38.7 Å². The average molecular weight is 206 g/mol. The summed E-state index contributed by atoms with van der Waals surface area (Å²) >= 11 is 3.63. The van der Waals surface area contributed by atoms with Gasteiger partial charge in [-0.15, -0.1) is 0 Å². The summed E-state index contributed by atoms with van der Waals surface area (Å²) in [4.78, 5) is 0. The molecule has 4 heteroatoms. The number of ether oxygens (including phenoxy) is 1. The largest absolute Gasteiger partial charge is 0.396 e. The normalized spacial score (nSPS) is 29.1. The van der Waals surface area contributed by atoms with Gasteiger partial charge in [0.05, 0.1) is 19.3 Å². The molecule has 0 saturated heterocycles. The van der Waals surface area contributed by atoms with E-state index in [1.54, 1.807) is 0 Å². The second kappa shape index (κ2) is 6.65. The van der Waals surface area contributed by atoms with Gasteiger partial charge in [0, 0.05) is 6.61 Å². The van der Waals surface area contributed by atoms with Crippen molar-refractivity contribution in [1.29, 1.82) is 0 Å². The zero-order chi connectivity index (χ0) is 9.52. The van der Waals surface area contributed by atoms with Crippen molar-refractivity contribution in [3.8, 4) is 0 Å². The van der Waals surface area contributed by atoms with Crippen LogP contribution in [0.25, 0.3) is 0 Å². The van der Waals surface area contributed by atoms with Gasteiger partial charge < -0.3 is 14.0 Å². The lowest BCUT2D eigenvalue weighted by Gasteiger charge is -2.27. The molecule has 0 aromatic carbocycles. The summed E-state index contributed by atoms with van der Waals surface area (Å²) in [5, 5.41) is 8.92. The van der Waals surface area contributed by atoms with Crippen LogP contribution in [0.15, 0.2) is 0 Å². The van der Waals surface area contributed by atoms with E-state index in [2.05, 4.69) is 17.1 Å². The molecule has 1 rings (SSSR count). The van der Waals surface area contributed by atoms with Gasteiger partial charge in [-0.2, -0.15) is 0 Å². The van der Waals surface area contributed by atoms with Crippen molar-refractivity contribution < 1.29 is 14.0 Å². The highest BCUT2D eigenvalue weighted by Crippen LogP contribution is 2.25. The van der Waals surface area contributed by atoms with Gasteiger partial charge in [-0.1, -0.05) is 0 Å². The number of aliphatic hydroxyl groups is 1. The smallest absolute Gasteiger partial charge is 0.0844 e. The van der Waals surface area contributed by atoms with Gasteiger partial charge in [-0.05, 0) is 44.5 Å². The van der Waals surface area contributed by atoms with E-state index in [1.807, 2.05) is 0 Å². The Morgan fingerprint density at radius 3 is 2.38 bits per heavy atom. The third-order valence-electron chi connectivity index (χ3n) is 2.58.